The van der Waals surface area contributed by atoms with E-state index in [0.29, 0.717) is 12.3 Å². The van der Waals surface area contributed by atoms with Crippen molar-refractivity contribution in [2.24, 2.45) is 0 Å². The van der Waals surface area contributed by atoms with Gasteiger partial charge in [-0.05, 0) is 28.9 Å². The Morgan fingerprint density at radius 2 is 2.33 bits per heavy atom. The molecule has 0 unspecified atom stereocenters. The molecule has 0 saturated carbocycles. The van der Waals surface area contributed by atoms with Crippen LogP contribution in [0.5, 0.6) is 5.75 Å². The fraction of sp³-hybridized carbons (Fsp3) is 0.400. The molecule has 0 fully saturated rings. The fourth-order valence-corrected chi connectivity index (χ4v) is 1.25. The van der Waals surface area contributed by atoms with Gasteiger partial charge < -0.3 is 9.64 Å². The molecule has 15 heavy (non-hydrogen) atoms. The zero-order valence-electron chi connectivity index (χ0n) is 8.74. The summed E-state index contributed by atoms with van der Waals surface area (Å²) in [5, 5.41) is 0. The molecule has 0 aromatic carbocycles. The molecule has 0 spiro atoms. The third kappa shape index (κ3) is 3.87. The Morgan fingerprint density at radius 1 is 1.60 bits per heavy atom. The number of hydrogen-bond acceptors (Lipinski definition) is 3. The molecule has 0 saturated heterocycles. The first kappa shape index (κ1) is 12.0. The molecule has 0 aliphatic heterocycles. The van der Waals surface area contributed by atoms with Crippen LogP contribution < -0.4 is 4.74 Å². The van der Waals surface area contributed by atoms with Crippen molar-refractivity contribution in [3.8, 4) is 5.75 Å². The maximum absolute atomic E-state index is 11.4. The van der Waals surface area contributed by atoms with Crippen LogP contribution in [-0.2, 0) is 4.79 Å². The predicted molar refractivity (Wildman–Crippen MR) is 60.7 cm³/mol. The maximum atomic E-state index is 11.4. The second kappa shape index (κ2) is 5.70. The van der Waals surface area contributed by atoms with Gasteiger partial charge in [0, 0.05) is 24.3 Å². The highest BCUT2D eigenvalue weighted by atomic mass is 79.9. The lowest BCUT2D eigenvalue weighted by Crippen LogP contribution is -2.31. The van der Waals surface area contributed by atoms with Crippen molar-refractivity contribution >= 4 is 21.8 Å². The molecule has 0 aliphatic rings. The summed E-state index contributed by atoms with van der Waals surface area (Å²) in [5.74, 6) is 0.541. The summed E-state index contributed by atoms with van der Waals surface area (Å²) >= 11 is 3.27. The van der Waals surface area contributed by atoms with Gasteiger partial charge in [0.25, 0.3) is 5.91 Å². The molecule has 0 aliphatic carbocycles. The van der Waals surface area contributed by atoms with Crippen molar-refractivity contribution in [2.45, 2.75) is 6.92 Å². The van der Waals surface area contributed by atoms with Crippen LogP contribution in [-0.4, -0.2) is 36.0 Å². The largest absolute Gasteiger partial charge is 0.482 e. The maximum Gasteiger partial charge on any atom is 0.260 e. The monoisotopic (exact) mass is 272 g/mol. The Morgan fingerprint density at radius 3 is 2.93 bits per heavy atom. The number of carbonyl (C=O) groups excluding carboxylic acids is 1. The standard InChI is InChI=1S/C10H13BrN2O2/c1-3-13(2)10(14)7-15-9-4-8(11)5-12-6-9/h4-6H,3,7H2,1-2H3. The molecule has 0 atom stereocenters. The summed E-state index contributed by atoms with van der Waals surface area (Å²) in [6.07, 6.45) is 3.23. The number of rotatable bonds is 4. The zero-order valence-corrected chi connectivity index (χ0v) is 10.3. The van der Waals surface area contributed by atoms with Crippen LogP contribution >= 0.6 is 15.9 Å². The van der Waals surface area contributed by atoms with E-state index >= 15 is 0 Å². The summed E-state index contributed by atoms with van der Waals surface area (Å²) in [7, 11) is 1.74. The first-order chi connectivity index (χ1) is 7.13. The van der Waals surface area contributed by atoms with Crippen molar-refractivity contribution in [2.75, 3.05) is 20.2 Å². The third-order valence-corrected chi connectivity index (χ3v) is 2.38. The normalized spacial score (nSPS) is 9.80. The van der Waals surface area contributed by atoms with Crippen molar-refractivity contribution in [3.63, 3.8) is 0 Å². The van der Waals surface area contributed by atoms with Gasteiger partial charge in [-0.2, -0.15) is 0 Å². The van der Waals surface area contributed by atoms with Crippen LogP contribution in [0.1, 0.15) is 6.92 Å². The first-order valence-corrected chi connectivity index (χ1v) is 5.40. The SMILES string of the molecule is CCN(C)C(=O)COc1cncc(Br)c1. The molecule has 1 rings (SSSR count). The van der Waals surface area contributed by atoms with Crippen LogP contribution in [0.15, 0.2) is 22.9 Å². The van der Waals surface area contributed by atoms with Gasteiger partial charge in [-0.25, -0.2) is 0 Å². The highest BCUT2D eigenvalue weighted by Crippen LogP contribution is 2.15. The number of pyridine rings is 1. The Labute approximate surface area is 97.4 Å². The second-order valence-corrected chi connectivity index (χ2v) is 3.95. The molecule has 1 aromatic heterocycles. The molecule has 1 heterocycles. The quantitative estimate of drug-likeness (QED) is 0.838. The Balaban J connectivity index is 2.47. The number of hydrogen-bond donors (Lipinski definition) is 0. The van der Waals surface area contributed by atoms with Gasteiger partial charge in [0.2, 0.25) is 0 Å². The highest BCUT2D eigenvalue weighted by Gasteiger charge is 2.07. The van der Waals surface area contributed by atoms with E-state index in [4.69, 9.17) is 4.74 Å². The van der Waals surface area contributed by atoms with E-state index < -0.39 is 0 Å². The highest BCUT2D eigenvalue weighted by molar-refractivity contribution is 9.10. The lowest BCUT2D eigenvalue weighted by atomic mass is 10.4. The molecular formula is C10H13BrN2O2. The molecule has 0 N–H and O–H groups in total. The van der Waals surface area contributed by atoms with E-state index in [1.54, 1.807) is 30.4 Å². The second-order valence-electron chi connectivity index (χ2n) is 3.04. The van der Waals surface area contributed by atoms with Crippen LogP contribution in [0, 0.1) is 0 Å². The van der Waals surface area contributed by atoms with Crippen molar-refractivity contribution in [3.05, 3.63) is 22.9 Å². The number of ether oxygens (including phenoxy) is 1. The van der Waals surface area contributed by atoms with Crippen LogP contribution in [0.2, 0.25) is 0 Å². The van der Waals surface area contributed by atoms with Crippen LogP contribution in [0.3, 0.4) is 0 Å². The van der Waals surface area contributed by atoms with Gasteiger partial charge >= 0.3 is 0 Å². The number of nitrogens with zero attached hydrogens (tertiary/aromatic N) is 2. The third-order valence-electron chi connectivity index (χ3n) is 1.94. The first-order valence-electron chi connectivity index (χ1n) is 4.60. The van der Waals surface area contributed by atoms with Crippen molar-refractivity contribution in [1.29, 1.82) is 0 Å². The molecule has 1 amide bonds. The van der Waals surface area contributed by atoms with Gasteiger partial charge in [-0.3, -0.25) is 9.78 Å². The summed E-state index contributed by atoms with van der Waals surface area (Å²) in [4.78, 5) is 16.9. The number of likely N-dealkylation sites (N-methyl/N-ethyl adjacent to an activating group) is 1. The topological polar surface area (TPSA) is 42.4 Å². The molecule has 82 valence electrons. The molecular weight excluding hydrogens is 260 g/mol. The lowest BCUT2D eigenvalue weighted by Gasteiger charge is -2.14. The molecule has 0 radical (unpaired) electrons. The summed E-state index contributed by atoms with van der Waals surface area (Å²) in [6.45, 7) is 2.64. The van der Waals surface area contributed by atoms with Gasteiger partial charge in [0.15, 0.2) is 6.61 Å². The Bertz CT molecular complexity index is 344. The number of amides is 1. The van der Waals surface area contributed by atoms with Gasteiger partial charge in [-0.1, -0.05) is 0 Å². The van der Waals surface area contributed by atoms with Crippen LogP contribution in [0.25, 0.3) is 0 Å². The molecule has 0 bridgehead atoms. The van der Waals surface area contributed by atoms with Gasteiger partial charge in [-0.15, -0.1) is 0 Å². The van der Waals surface area contributed by atoms with Crippen molar-refractivity contribution in [1.82, 2.24) is 9.88 Å². The number of halogens is 1. The summed E-state index contributed by atoms with van der Waals surface area (Å²) in [6, 6.07) is 1.77. The minimum absolute atomic E-state index is 0.0440. The summed E-state index contributed by atoms with van der Waals surface area (Å²) < 4.78 is 6.12. The predicted octanol–water partition coefficient (Wildman–Crippen LogP) is 1.70. The van der Waals surface area contributed by atoms with Gasteiger partial charge in [0.05, 0.1) is 6.20 Å². The smallest absolute Gasteiger partial charge is 0.260 e. The Hall–Kier alpha value is -1.10. The van der Waals surface area contributed by atoms with E-state index in [0.717, 1.165) is 4.47 Å². The number of carbonyl (C=O) groups is 1. The van der Waals surface area contributed by atoms with Crippen molar-refractivity contribution < 1.29 is 9.53 Å². The van der Waals surface area contributed by atoms with Gasteiger partial charge in [0.1, 0.15) is 5.75 Å². The zero-order chi connectivity index (χ0) is 11.3. The Kier molecular flexibility index (Phi) is 4.55. The van der Waals surface area contributed by atoms with E-state index in [2.05, 4.69) is 20.9 Å². The summed E-state index contributed by atoms with van der Waals surface area (Å²) in [5.41, 5.74) is 0. The fourth-order valence-electron chi connectivity index (χ4n) is 0.903. The average Bonchev–Trinajstić information content (AvgIpc) is 2.25. The molecule has 5 heteroatoms. The molecule has 1 aromatic rings. The van der Waals surface area contributed by atoms with E-state index in [9.17, 15) is 4.79 Å². The molecule has 4 nitrogen and oxygen atoms in total. The minimum atomic E-state index is -0.0440. The number of aromatic nitrogens is 1. The minimum Gasteiger partial charge on any atom is -0.482 e. The van der Waals surface area contributed by atoms with E-state index in [-0.39, 0.29) is 12.5 Å². The average molecular weight is 273 g/mol. The lowest BCUT2D eigenvalue weighted by molar-refractivity contribution is -0.131. The van der Waals surface area contributed by atoms with E-state index in [1.807, 2.05) is 6.92 Å². The van der Waals surface area contributed by atoms with Crippen LogP contribution in [0.4, 0.5) is 0 Å². The van der Waals surface area contributed by atoms with E-state index in [1.165, 1.54) is 0 Å².